The number of ether oxygens (including phenoxy) is 1. The number of aromatic nitrogens is 1. The number of unbranched alkanes of at least 4 members (excludes halogenated alkanes) is 1. The van der Waals surface area contributed by atoms with Gasteiger partial charge in [-0.2, -0.15) is 0 Å². The number of carbonyl (C=O) groups is 1. The number of aromatic amines is 1. The van der Waals surface area contributed by atoms with Gasteiger partial charge in [-0.25, -0.2) is 0 Å². The maximum Gasteiger partial charge on any atom is 0.248 e. The van der Waals surface area contributed by atoms with Crippen LogP contribution < -0.4 is 11.2 Å². The molecule has 28 heavy (non-hydrogen) atoms. The molecule has 2 heterocycles. The predicted molar refractivity (Wildman–Crippen MR) is 111 cm³/mol. The molecule has 1 aliphatic rings. The number of primary amides is 1. The van der Waals surface area contributed by atoms with Crippen molar-refractivity contribution in [2.75, 3.05) is 13.1 Å². The van der Waals surface area contributed by atoms with Crippen LogP contribution in [-0.2, 0) is 11.3 Å². The number of benzene rings is 1. The van der Waals surface area contributed by atoms with Gasteiger partial charge in [0.1, 0.15) is 0 Å². The van der Waals surface area contributed by atoms with Crippen LogP contribution in [0.5, 0.6) is 0 Å². The summed E-state index contributed by atoms with van der Waals surface area (Å²) in [6.07, 6.45) is 3.85. The van der Waals surface area contributed by atoms with Crippen LogP contribution in [0.2, 0.25) is 0 Å². The number of morpholine rings is 1. The molecule has 1 saturated heterocycles. The van der Waals surface area contributed by atoms with Gasteiger partial charge in [-0.15, -0.1) is 0 Å². The number of hydrogen-bond acceptors (Lipinski definition) is 4. The van der Waals surface area contributed by atoms with Crippen LogP contribution in [0.3, 0.4) is 0 Å². The quantitative estimate of drug-likeness (QED) is 0.767. The summed E-state index contributed by atoms with van der Waals surface area (Å²) in [5.41, 5.74) is 7.18. The number of nitrogens with two attached hydrogens (primary N) is 1. The molecule has 6 nitrogen and oxygen atoms in total. The fraction of sp³-hybridized carbons (Fsp3) is 0.545. The Morgan fingerprint density at radius 1 is 1.32 bits per heavy atom. The molecule has 6 heteroatoms. The van der Waals surface area contributed by atoms with Gasteiger partial charge in [-0.3, -0.25) is 14.5 Å². The topological polar surface area (TPSA) is 88.4 Å². The van der Waals surface area contributed by atoms with Crippen LogP contribution in [0.15, 0.2) is 29.1 Å². The first-order valence-electron chi connectivity index (χ1n) is 10.2. The number of nitrogens with one attached hydrogen (secondary N) is 1. The van der Waals surface area contributed by atoms with Crippen molar-refractivity contribution in [1.82, 2.24) is 9.88 Å². The van der Waals surface area contributed by atoms with E-state index in [2.05, 4.69) is 30.7 Å². The fourth-order valence-corrected chi connectivity index (χ4v) is 3.82. The zero-order valence-electron chi connectivity index (χ0n) is 17.0. The Kier molecular flexibility index (Phi) is 6.52. The van der Waals surface area contributed by atoms with Gasteiger partial charge in [-0.05, 0) is 30.5 Å². The number of rotatable bonds is 7. The number of nitrogens with zero attached hydrogens (tertiary/aromatic N) is 1. The van der Waals surface area contributed by atoms with Crippen molar-refractivity contribution in [2.24, 2.45) is 11.7 Å². The maximum atomic E-state index is 12.6. The third-order valence-corrected chi connectivity index (χ3v) is 5.45. The first-order valence-corrected chi connectivity index (χ1v) is 10.2. The molecular weight excluding hydrogens is 354 g/mol. The predicted octanol–water partition coefficient (Wildman–Crippen LogP) is 3.04. The van der Waals surface area contributed by atoms with E-state index in [-0.39, 0.29) is 17.6 Å². The van der Waals surface area contributed by atoms with Gasteiger partial charge in [0.25, 0.3) is 0 Å². The van der Waals surface area contributed by atoms with E-state index in [9.17, 15) is 9.59 Å². The minimum atomic E-state index is -0.531. The lowest BCUT2D eigenvalue weighted by Crippen LogP contribution is -2.49. The molecule has 0 unspecified atom stereocenters. The number of carbonyl (C=O) groups excluding carboxylic acids is 1. The molecule has 152 valence electrons. The average molecular weight is 386 g/mol. The highest BCUT2D eigenvalue weighted by Crippen LogP contribution is 2.22. The number of pyridine rings is 1. The zero-order valence-corrected chi connectivity index (χ0v) is 17.0. The van der Waals surface area contributed by atoms with E-state index in [4.69, 9.17) is 10.5 Å². The van der Waals surface area contributed by atoms with Crippen LogP contribution in [0, 0.1) is 5.92 Å². The van der Waals surface area contributed by atoms with Gasteiger partial charge in [0, 0.05) is 47.9 Å². The second kappa shape index (κ2) is 8.88. The molecule has 2 atom stereocenters. The highest BCUT2D eigenvalue weighted by Gasteiger charge is 2.29. The Morgan fingerprint density at radius 3 is 2.79 bits per heavy atom. The average Bonchev–Trinajstić information content (AvgIpc) is 2.65. The summed E-state index contributed by atoms with van der Waals surface area (Å²) in [5, 5.41) is 0.489. The first-order chi connectivity index (χ1) is 13.4. The molecule has 3 N–H and O–H groups in total. The van der Waals surface area contributed by atoms with Crippen LogP contribution in [0.4, 0.5) is 0 Å². The van der Waals surface area contributed by atoms with Crippen LogP contribution in [0.25, 0.3) is 10.9 Å². The van der Waals surface area contributed by atoms with Crippen molar-refractivity contribution in [3.05, 3.63) is 45.7 Å². The summed E-state index contributed by atoms with van der Waals surface area (Å²) in [6, 6.07) is 6.59. The lowest BCUT2D eigenvalue weighted by molar-refractivity contribution is -0.108. The molecule has 2 aromatic rings. The molecule has 1 aromatic carbocycles. The summed E-state index contributed by atoms with van der Waals surface area (Å²) < 4.78 is 6.29. The minimum absolute atomic E-state index is 0.0944. The van der Waals surface area contributed by atoms with E-state index in [0.29, 0.717) is 23.4 Å². The highest BCUT2D eigenvalue weighted by atomic mass is 16.5. The van der Waals surface area contributed by atoms with Crippen LogP contribution in [-0.4, -0.2) is 41.1 Å². The molecule has 0 bridgehead atoms. The van der Waals surface area contributed by atoms with Gasteiger partial charge in [0.05, 0.1) is 12.2 Å². The molecule has 0 spiro atoms. The minimum Gasteiger partial charge on any atom is -0.372 e. The van der Waals surface area contributed by atoms with Crippen LogP contribution >= 0.6 is 0 Å². The molecule has 0 aliphatic carbocycles. The summed E-state index contributed by atoms with van der Waals surface area (Å²) in [6.45, 7) is 9.01. The largest absolute Gasteiger partial charge is 0.372 e. The lowest BCUT2D eigenvalue weighted by Gasteiger charge is -2.40. The van der Waals surface area contributed by atoms with Crippen molar-refractivity contribution in [3.63, 3.8) is 0 Å². The van der Waals surface area contributed by atoms with E-state index in [1.165, 1.54) is 6.42 Å². The second-order valence-corrected chi connectivity index (χ2v) is 8.16. The van der Waals surface area contributed by atoms with Gasteiger partial charge in [0.15, 0.2) is 5.43 Å². The number of amides is 1. The molecule has 0 radical (unpaired) electrons. The molecule has 1 fully saturated rings. The van der Waals surface area contributed by atoms with E-state index in [0.717, 1.165) is 37.1 Å². The summed E-state index contributed by atoms with van der Waals surface area (Å²) in [7, 11) is 0. The van der Waals surface area contributed by atoms with E-state index in [1.54, 1.807) is 24.3 Å². The van der Waals surface area contributed by atoms with E-state index >= 15 is 0 Å². The van der Waals surface area contributed by atoms with Gasteiger partial charge < -0.3 is 15.5 Å². The molecule has 3 rings (SSSR count). The Balaban J connectivity index is 1.81. The SMILES string of the molecule is CCCC[C@@H]1CN(Cc2cc(=O)c3cc(C(N)=O)ccc3[nH]2)C[C@H](C(C)C)O1. The summed E-state index contributed by atoms with van der Waals surface area (Å²) in [4.78, 5) is 29.7. The molecule has 0 saturated carbocycles. The zero-order chi connectivity index (χ0) is 20.3. The van der Waals surface area contributed by atoms with Crippen molar-refractivity contribution in [1.29, 1.82) is 0 Å². The third kappa shape index (κ3) is 4.80. The monoisotopic (exact) mass is 385 g/mol. The lowest BCUT2D eigenvalue weighted by atomic mass is 10.0. The first kappa shape index (κ1) is 20.6. The molecular formula is C22H31N3O3. The van der Waals surface area contributed by atoms with Crippen molar-refractivity contribution < 1.29 is 9.53 Å². The number of fused-ring (bicyclic) bond motifs is 1. The van der Waals surface area contributed by atoms with Crippen molar-refractivity contribution in [2.45, 2.75) is 58.8 Å². The van der Waals surface area contributed by atoms with Crippen LogP contribution in [0.1, 0.15) is 56.1 Å². The summed E-state index contributed by atoms with van der Waals surface area (Å²) >= 11 is 0. The Morgan fingerprint density at radius 2 is 2.11 bits per heavy atom. The Hall–Kier alpha value is -2.18. The van der Waals surface area contributed by atoms with E-state index in [1.807, 2.05) is 0 Å². The fourth-order valence-electron chi connectivity index (χ4n) is 3.82. The van der Waals surface area contributed by atoms with Gasteiger partial charge in [-0.1, -0.05) is 33.6 Å². The Bertz CT molecular complexity index is 890. The summed E-state index contributed by atoms with van der Waals surface area (Å²) in [5.74, 6) is -0.0775. The maximum absolute atomic E-state index is 12.6. The molecule has 1 aromatic heterocycles. The molecule has 1 amide bonds. The normalized spacial score (nSPS) is 20.7. The molecule has 1 aliphatic heterocycles. The van der Waals surface area contributed by atoms with Gasteiger partial charge in [0.2, 0.25) is 5.91 Å². The third-order valence-electron chi connectivity index (χ3n) is 5.45. The number of H-pyrrole nitrogens is 1. The van der Waals surface area contributed by atoms with Gasteiger partial charge >= 0.3 is 0 Å². The van der Waals surface area contributed by atoms with Crippen molar-refractivity contribution in [3.8, 4) is 0 Å². The van der Waals surface area contributed by atoms with Crippen molar-refractivity contribution >= 4 is 16.8 Å². The second-order valence-electron chi connectivity index (χ2n) is 8.16. The van der Waals surface area contributed by atoms with E-state index < -0.39 is 5.91 Å². The smallest absolute Gasteiger partial charge is 0.248 e. The standard InChI is InChI=1S/C22H31N3O3/c1-4-5-6-17-12-25(13-21(28-17)14(2)3)11-16-10-20(26)18-9-15(22(23)27)7-8-19(18)24-16/h7-10,14,17,21H,4-6,11-13H2,1-3H3,(H2,23,27)(H,24,26)/t17-,21-/m1/s1. The highest BCUT2D eigenvalue weighted by molar-refractivity contribution is 5.96. The Labute approximate surface area is 166 Å². The number of hydrogen-bond donors (Lipinski definition) is 2.